The third kappa shape index (κ3) is 2.82. The third-order valence-corrected chi connectivity index (χ3v) is 5.22. The Bertz CT molecular complexity index is 806. The number of thiazole rings is 1. The maximum atomic E-state index is 10.9. The molecule has 3 aromatic rings. The summed E-state index contributed by atoms with van der Waals surface area (Å²) in [7, 11) is 0. The summed E-state index contributed by atoms with van der Waals surface area (Å²) in [4.78, 5) is 16.2. The average Bonchev–Trinajstić information content (AvgIpc) is 3.07. The molecule has 1 N–H and O–H groups in total. The first kappa shape index (κ1) is 14.5. The fourth-order valence-corrected chi connectivity index (χ4v) is 4.28. The van der Waals surface area contributed by atoms with Crippen LogP contribution in [0.1, 0.15) is 10.4 Å². The molecule has 0 saturated carbocycles. The van der Waals surface area contributed by atoms with E-state index in [0.717, 1.165) is 10.6 Å². The van der Waals surface area contributed by atoms with Crippen molar-refractivity contribution in [1.82, 2.24) is 4.98 Å². The number of aromatic carboxylic acids is 1. The van der Waals surface area contributed by atoms with E-state index in [4.69, 9.17) is 28.3 Å². The minimum absolute atomic E-state index is 0.264. The largest absolute Gasteiger partial charge is 0.478 e. The number of carboxylic acids is 1. The Kier molecular flexibility index (Phi) is 3.99. The van der Waals surface area contributed by atoms with Crippen molar-refractivity contribution in [3.63, 3.8) is 0 Å². The summed E-state index contributed by atoms with van der Waals surface area (Å²) in [6.45, 7) is 0. The van der Waals surface area contributed by atoms with E-state index in [0.29, 0.717) is 20.6 Å². The van der Waals surface area contributed by atoms with Crippen LogP contribution in [0.5, 0.6) is 0 Å². The molecule has 106 valence electrons. The summed E-state index contributed by atoms with van der Waals surface area (Å²) < 4.78 is 0. The molecule has 0 radical (unpaired) electrons. The van der Waals surface area contributed by atoms with Gasteiger partial charge in [0.2, 0.25) is 0 Å². The van der Waals surface area contributed by atoms with Crippen molar-refractivity contribution in [2.75, 3.05) is 0 Å². The number of hydrogen-bond acceptors (Lipinski definition) is 4. The van der Waals surface area contributed by atoms with E-state index in [-0.39, 0.29) is 5.56 Å². The summed E-state index contributed by atoms with van der Waals surface area (Å²) in [5, 5.41) is 14.2. The Hall–Kier alpha value is -1.40. The molecular formula is C14H7Cl2NO2S2. The number of halogens is 2. The highest BCUT2D eigenvalue weighted by molar-refractivity contribution is 7.15. The Morgan fingerprint density at radius 2 is 1.86 bits per heavy atom. The number of thiophene rings is 1. The van der Waals surface area contributed by atoms with Gasteiger partial charge in [-0.15, -0.1) is 22.7 Å². The number of carboxylic acid groups (broad SMARTS) is 1. The van der Waals surface area contributed by atoms with Gasteiger partial charge in [-0.2, -0.15) is 0 Å². The standard InChI is InChI=1S/C14H7Cl2NO2S2/c15-8-2-1-3-9(16)12(8)13-17-10(6-21-13)11-4-7(5-20-11)14(18)19/h1-6H,(H,18,19). The molecule has 0 aliphatic rings. The highest BCUT2D eigenvalue weighted by atomic mass is 35.5. The van der Waals surface area contributed by atoms with E-state index in [1.807, 2.05) is 5.38 Å². The van der Waals surface area contributed by atoms with Gasteiger partial charge in [-0.05, 0) is 18.2 Å². The van der Waals surface area contributed by atoms with Gasteiger partial charge in [0.25, 0.3) is 0 Å². The smallest absolute Gasteiger partial charge is 0.336 e. The fraction of sp³-hybridized carbons (Fsp3) is 0. The molecule has 0 spiro atoms. The molecule has 0 aliphatic heterocycles. The quantitative estimate of drug-likeness (QED) is 0.670. The van der Waals surface area contributed by atoms with Crippen molar-refractivity contribution >= 4 is 51.8 Å². The van der Waals surface area contributed by atoms with Crippen LogP contribution in [0.3, 0.4) is 0 Å². The van der Waals surface area contributed by atoms with Gasteiger partial charge in [0.1, 0.15) is 5.01 Å². The number of rotatable bonds is 3. The average molecular weight is 356 g/mol. The molecule has 2 heterocycles. The number of benzene rings is 1. The second-order valence-electron chi connectivity index (χ2n) is 4.14. The van der Waals surface area contributed by atoms with Gasteiger partial charge in [0, 0.05) is 16.3 Å². The molecule has 0 saturated heterocycles. The van der Waals surface area contributed by atoms with E-state index < -0.39 is 5.97 Å². The topological polar surface area (TPSA) is 50.2 Å². The summed E-state index contributed by atoms with van der Waals surface area (Å²) in [6.07, 6.45) is 0. The van der Waals surface area contributed by atoms with Crippen LogP contribution < -0.4 is 0 Å². The van der Waals surface area contributed by atoms with Crippen molar-refractivity contribution in [1.29, 1.82) is 0 Å². The SMILES string of the molecule is O=C(O)c1csc(-c2csc(-c3c(Cl)cccc3Cl)n2)c1. The van der Waals surface area contributed by atoms with Crippen LogP contribution in [0.4, 0.5) is 0 Å². The van der Waals surface area contributed by atoms with E-state index >= 15 is 0 Å². The number of aromatic nitrogens is 1. The van der Waals surface area contributed by atoms with Crippen LogP contribution in [-0.4, -0.2) is 16.1 Å². The molecule has 3 nitrogen and oxygen atoms in total. The Balaban J connectivity index is 2.02. The minimum atomic E-state index is -0.942. The lowest BCUT2D eigenvalue weighted by Crippen LogP contribution is -1.91. The van der Waals surface area contributed by atoms with Gasteiger partial charge in [0.15, 0.2) is 0 Å². The van der Waals surface area contributed by atoms with Gasteiger partial charge < -0.3 is 5.11 Å². The normalized spacial score (nSPS) is 10.8. The van der Waals surface area contributed by atoms with Gasteiger partial charge in [-0.1, -0.05) is 29.3 Å². The number of hydrogen-bond donors (Lipinski definition) is 1. The Morgan fingerprint density at radius 3 is 2.48 bits per heavy atom. The van der Waals surface area contributed by atoms with Gasteiger partial charge in [-0.3, -0.25) is 0 Å². The van der Waals surface area contributed by atoms with Gasteiger partial charge >= 0.3 is 5.97 Å². The molecule has 0 bridgehead atoms. The van der Waals surface area contributed by atoms with E-state index in [1.54, 1.807) is 29.6 Å². The van der Waals surface area contributed by atoms with Crippen LogP contribution in [-0.2, 0) is 0 Å². The van der Waals surface area contributed by atoms with Crippen LogP contribution in [0, 0.1) is 0 Å². The molecule has 21 heavy (non-hydrogen) atoms. The van der Waals surface area contributed by atoms with E-state index in [2.05, 4.69) is 4.98 Å². The molecule has 0 amide bonds. The van der Waals surface area contributed by atoms with Crippen molar-refractivity contribution in [3.05, 3.63) is 50.6 Å². The number of carbonyl (C=O) groups is 1. The first-order chi connectivity index (χ1) is 10.1. The molecule has 0 unspecified atom stereocenters. The molecule has 3 rings (SSSR count). The Labute approximate surface area is 138 Å². The highest BCUT2D eigenvalue weighted by Gasteiger charge is 2.15. The first-order valence-electron chi connectivity index (χ1n) is 5.78. The van der Waals surface area contributed by atoms with Crippen LogP contribution >= 0.6 is 45.9 Å². The second-order valence-corrected chi connectivity index (χ2v) is 6.72. The van der Waals surface area contributed by atoms with E-state index in [1.165, 1.54) is 22.7 Å². The first-order valence-corrected chi connectivity index (χ1v) is 8.30. The summed E-state index contributed by atoms with van der Waals surface area (Å²) in [6, 6.07) is 6.91. The summed E-state index contributed by atoms with van der Waals surface area (Å²) >= 11 is 15.1. The maximum absolute atomic E-state index is 10.9. The summed E-state index contributed by atoms with van der Waals surface area (Å²) in [5.41, 5.74) is 1.69. The monoisotopic (exact) mass is 355 g/mol. The molecule has 2 aromatic heterocycles. The van der Waals surface area contributed by atoms with Gasteiger partial charge in [0.05, 0.1) is 26.2 Å². The van der Waals surface area contributed by atoms with Crippen molar-refractivity contribution < 1.29 is 9.90 Å². The maximum Gasteiger partial charge on any atom is 0.336 e. The number of nitrogens with zero attached hydrogens (tertiary/aromatic N) is 1. The van der Waals surface area contributed by atoms with Crippen LogP contribution in [0.15, 0.2) is 35.0 Å². The zero-order chi connectivity index (χ0) is 15.0. The van der Waals surface area contributed by atoms with Crippen molar-refractivity contribution in [2.24, 2.45) is 0 Å². The summed E-state index contributed by atoms with van der Waals surface area (Å²) in [5.74, 6) is -0.942. The van der Waals surface area contributed by atoms with Crippen molar-refractivity contribution in [3.8, 4) is 21.1 Å². The Morgan fingerprint density at radius 1 is 1.14 bits per heavy atom. The lowest BCUT2D eigenvalue weighted by molar-refractivity contribution is 0.0697. The molecule has 7 heteroatoms. The lowest BCUT2D eigenvalue weighted by Gasteiger charge is -2.02. The predicted octanol–water partition coefficient (Wildman–Crippen LogP) is 5.54. The molecule has 1 aromatic carbocycles. The van der Waals surface area contributed by atoms with E-state index in [9.17, 15) is 4.79 Å². The van der Waals surface area contributed by atoms with Gasteiger partial charge in [-0.25, -0.2) is 9.78 Å². The minimum Gasteiger partial charge on any atom is -0.478 e. The zero-order valence-corrected chi connectivity index (χ0v) is 13.5. The third-order valence-electron chi connectivity index (χ3n) is 2.78. The predicted molar refractivity (Wildman–Crippen MR) is 87.8 cm³/mol. The molecule has 0 atom stereocenters. The van der Waals surface area contributed by atoms with Crippen molar-refractivity contribution in [2.45, 2.75) is 0 Å². The lowest BCUT2D eigenvalue weighted by atomic mass is 10.2. The van der Waals surface area contributed by atoms with Crippen LogP contribution in [0.2, 0.25) is 10.0 Å². The molecule has 0 aliphatic carbocycles. The molecular weight excluding hydrogens is 349 g/mol. The fourth-order valence-electron chi connectivity index (χ4n) is 1.79. The second kappa shape index (κ2) is 5.77. The van der Waals surface area contributed by atoms with Crippen LogP contribution in [0.25, 0.3) is 21.1 Å². The zero-order valence-electron chi connectivity index (χ0n) is 10.3. The molecule has 0 fully saturated rings. The highest BCUT2D eigenvalue weighted by Crippen LogP contribution is 2.38.